The second kappa shape index (κ2) is 3.44. The van der Waals surface area contributed by atoms with Crippen LogP contribution in [0.3, 0.4) is 0 Å². The van der Waals surface area contributed by atoms with Crippen molar-refractivity contribution in [3.05, 3.63) is 0 Å². The van der Waals surface area contributed by atoms with Crippen LogP contribution in [0.1, 0.15) is 19.3 Å². The summed E-state index contributed by atoms with van der Waals surface area (Å²) in [6.07, 6.45) is 4.61. The lowest BCUT2D eigenvalue weighted by atomic mass is 10.1. The SMILES string of the molecule is C1CC(NC2CSC2)C(C2CC2)O1. The quantitative estimate of drug-likeness (QED) is 0.739. The molecular weight excluding hydrogens is 182 g/mol. The largest absolute Gasteiger partial charge is 0.376 e. The van der Waals surface area contributed by atoms with Gasteiger partial charge in [-0.3, -0.25) is 0 Å². The monoisotopic (exact) mass is 199 g/mol. The summed E-state index contributed by atoms with van der Waals surface area (Å²) in [6, 6.07) is 1.47. The summed E-state index contributed by atoms with van der Waals surface area (Å²) in [5.74, 6) is 3.52. The first-order chi connectivity index (χ1) is 6.43. The van der Waals surface area contributed by atoms with E-state index in [-0.39, 0.29) is 0 Å². The molecule has 1 N–H and O–H groups in total. The van der Waals surface area contributed by atoms with E-state index in [1.54, 1.807) is 0 Å². The summed E-state index contributed by atoms with van der Waals surface area (Å²) < 4.78 is 5.79. The molecule has 74 valence electrons. The van der Waals surface area contributed by atoms with Crippen LogP contribution in [0.15, 0.2) is 0 Å². The fourth-order valence-corrected chi connectivity index (χ4v) is 2.98. The topological polar surface area (TPSA) is 21.3 Å². The summed E-state index contributed by atoms with van der Waals surface area (Å²) >= 11 is 2.05. The van der Waals surface area contributed by atoms with Crippen molar-refractivity contribution in [1.82, 2.24) is 5.32 Å². The van der Waals surface area contributed by atoms with Gasteiger partial charge >= 0.3 is 0 Å². The van der Waals surface area contributed by atoms with Gasteiger partial charge in [0.25, 0.3) is 0 Å². The molecule has 0 aromatic carbocycles. The third-order valence-corrected chi connectivity index (χ3v) is 4.59. The Morgan fingerprint density at radius 2 is 2.00 bits per heavy atom. The normalized spacial score (nSPS) is 40.6. The lowest BCUT2D eigenvalue weighted by molar-refractivity contribution is 0.0797. The summed E-state index contributed by atoms with van der Waals surface area (Å²) in [7, 11) is 0. The average Bonchev–Trinajstić information content (AvgIpc) is 2.79. The highest BCUT2D eigenvalue weighted by Gasteiger charge is 2.41. The molecule has 0 spiro atoms. The first-order valence-electron chi connectivity index (χ1n) is 5.39. The van der Waals surface area contributed by atoms with Crippen molar-refractivity contribution in [2.24, 2.45) is 5.92 Å². The lowest BCUT2D eigenvalue weighted by Gasteiger charge is -2.31. The van der Waals surface area contributed by atoms with E-state index in [0.29, 0.717) is 12.1 Å². The van der Waals surface area contributed by atoms with Crippen molar-refractivity contribution in [2.75, 3.05) is 18.1 Å². The first-order valence-corrected chi connectivity index (χ1v) is 6.54. The Morgan fingerprint density at radius 3 is 2.62 bits per heavy atom. The van der Waals surface area contributed by atoms with Gasteiger partial charge in [0.15, 0.2) is 0 Å². The number of nitrogens with one attached hydrogen (secondary N) is 1. The number of thioether (sulfide) groups is 1. The Bertz CT molecular complexity index is 191. The highest BCUT2D eigenvalue weighted by atomic mass is 32.2. The fourth-order valence-electron chi connectivity index (χ4n) is 2.31. The molecule has 0 bridgehead atoms. The number of ether oxygens (including phenoxy) is 1. The van der Waals surface area contributed by atoms with Gasteiger partial charge in [0.05, 0.1) is 6.10 Å². The van der Waals surface area contributed by atoms with E-state index in [2.05, 4.69) is 17.1 Å². The van der Waals surface area contributed by atoms with Gasteiger partial charge in [0, 0.05) is 30.2 Å². The van der Waals surface area contributed by atoms with Gasteiger partial charge in [-0.1, -0.05) is 0 Å². The summed E-state index contributed by atoms with van der Waals surface area (Å²) in [5.41, 5.74) is 0. The third-order valence-electron chi connectivity index (χ3n) is 3.31. The van der Waals surface area contributed by atoms with Gasteiger partial charge in [-0.15, -0.1) is 0 Å². The van der Waals surface area contributed by atoms with Crippen LogP contribution in [0, 0.1) is 5.92 Å². The Labute approximate surface area is 83.8 Å². The molecule has 0 radical (unpaired) electrons. The molecule has 2 unspecified atom stereocenters. The van der Waals surface area contributed by atoms with Gasteiger partial charge in [-0.2, -0.15) is 11.8 Å². The van der Waals surface area contributed by atoms with Crippen molar-refractivity contribution < 1.29 is 4.74 Å². The molecule has 2 nitrogen and oxygen atoms in total. The Hall–Kier alpha value is 0.270. The molecule has 3 fully saturated rings. The molecule has 1 saturated carbocycles. The van der Waals surface area contributed by atoms with E-state index >= 15 is 0 Å². The second-order valence-corrected chi connectivity index (χ2v) is 5.54. The van der Waals surface area contributed by atoms with E-state index in [4.69, 9.17) is 4.74 Å². The Kier molecular flexibility index (Phi) is 2.27. The van der Waals surface area contributed by atoms with Crippen LogP contribution in [-0.2, 0) is 4.74 Å². The van der Waals surface area contributed by atoms with Crippen molar-refractivity contribution in [2.45, 2.75) is 37.5 Å². The Morgan fingerprint density at radius 1 is 1.15 bits per heavy atom. The number of hydrogen-bond donors (Lipinski definition) is 1. The number of rotatable bonds is 3. The van der Waals surface area contributed by atoms with Crippen LogP contribution < -0.4 is 5.32 Å². The van der Waals surface area contributed by atoms with E-state index in [0.717, 1.165) is 18.6 Å². The van der Waals surface area contributed by atoms with Crippen molar-refractivity contribution in [3.8, 4) is 0 Å². The van der Waals surface area contributed by atoms with E-state index in [1.807, 2.05) is 0 Å². The zero-order chi connectivity index (χ0) is 8.67. The minimum Gasteiger partial charge on any atom is -0.376 e. The van der Waals surface area contributed by atoms with Crippen molar-refractivity contribution in [3.63, 3.8) is 0 Å². The van der Waals surface area contributed by atoms with Crippen LogP contribution in [0.5, 0.6) is 0 Å². The molecule has 2 aliphatic heterocycles. The van der Waals surface area contributed by atoms with Crippen LogP contribution in [0.4, 0.5) is 0 Å². The van der Waals surface area contributed by atoms with Crippen LogP contribution in [0.2, 0.25) is 0 Å². The van der Waals surface area contributed by atoms with Crippen molar-refractivity contribution >= 4 is 11.8 Å². The van der Waals surface area contributed by atoms with E-state index in [1.165, 1.54) is 30.8 Å². The molecule has 13 heavy (non-hydrogen) atoms. The highest BCUT2D eigenvalue weighted by Crippen LogP contribution is 2.39. The zero-order valence-corrected chi connectivity index (χ0v) is 8.69. The van der Waals surface area contributed by atoms with Gasteiger partial charge in [0.2, 0.25) is 0 Å². The maximum atomic E-state index is 5.79. The van der Waals surface area contributed by atoms with Gasteiger partial charge < -0.3 is 10.1 Å². The van der Waals surface area contributed by atoms with Gasteiger partial charge in [-0.25, -0.2) is 0 Å². The smallest absolute Gasteiger partial charge is 0.0757 e. The van der Waals surface area contributed by atoms with Gasteiger partial charge in [0.1, 0.15) is 0 Å². The predicted molar refractivity (Wildman–Crippen MR) is 55.1 cm³/mol. The molecule has 2 heterocycles. The molecule has 3 heteroatoms. The Balaban J connectivity index is 1.54. The minimum absolute atomic E-state index is 0.561. The molecule has 0 aromatic heterocycles. The molecule has 3 aliphatic rings. The fraction of sp³-hybridized carbons (Fsp3) is 1.00. The molecule has 3 rings (SSSR count). The summed E-state index contributed by atoms with van der Waals surface area (Å²) in [6.45, 7) is 0.985. The third kappa shape index (κ3) is 1.74. The lowest BCUT2D eigenvalue weighted by Crippen LogP contribution is -2.49. The molecular formula is C10H17NOS. The molecule has 2 atom stereocenters. The standard InChI is InChI=1S/C10H17NOS/c1-2-7(1)10-9(3-4-12-10)11-8-5-13-6-8/h7-11H,1-6H2. The predicted octanol–water partition coefficient (Wildman–Crippen LogP) is 1.26. The van der Waals surface area contributed by atoms with Crippen molar-refractivity contribution in [1.29, 1.82) is 0 Å². The number of hydrogen-bond acceptors (Lipinski definition) is 3. The molecule has 2 saturated heterocycles. The summed E-state index contributed by atoms with van der Waals surface area (Å²) in [5, 5.41) is 3.74. The maximum absolute atomic E-state index is 5.79. The second-order valence-electron chi connectivity index (χ2n) is 4.47. The maximum Gasteiger partial charge on any atom is 0.0757 e. The average molecular weight is 199 g/mol. The van der Waals surface area contributed by atoms with E-state index < -0.39 is 0 Å². The summed E-state index contributed by atoms with van der Waals surface area (Å²) in [4.78, 5) is 0. The molecule has 1 aliphatic carbocycles. The van der Waals surface area contributed by atoms with Gasteiger partial charge in [-0.05, 0) is 25.2 Å². The molecule has 0 amide bonds. The molecule has 0 aromatic rings. The van der Waals surface area contributed by atoms with Crippen LogP contribution in [0.25, 0.3) is 0 Å². The first kappa shape index (κ1) is 8.57. The van der Waals surface area contributed by atoms with Crippen LogP contribution in [-0.4, -0.2) is 36.3 Å². The van der Waals surface area contributed by atoms with E-state index in [9.17, 15) is 0 Å². The highest BCUT2D eigenvalue weighted by molar-refractivity contribution is 8.00. The van der Waals surface area contributed by atoms with Crippen LogP contribution >= 0.6 is 11.8 Å². The minimum atomic E-state index is 0.561. The zero-order valence-electron chi connectivity index (χ0n) is 7.87.